The molecule has 5 aliphatic rings. The van der Waals surface area contributed by atoms with Gasteiger partial charge in [0.25, 0.3) is 0 Å². The largest absolute Gasteiger partial charge is 0.379 e. The number of rotatable bonds is 6. The molecule has 5 fully saturated rings. The van der Waals surface area contributed by atoms with Crippen LogP contribution in [0.25, 0.3) is 0 Å². The van der Waals surface area contributed by atoms with E-state index in [1.54, 1.807) is 0 Å². The second-order valence-electron chi connectivity index (χ2n) is 12.7. The van der Waals surface area contributed by atoms with E-state index in [4.69, 9.17) is 32.7 Å². The molecule has 0 aromatic heterocycles. The summed E-state index contributed by atoms with van der Waals surface area (Å²) in [5.41, 5.74) is -0.949. The van der Waals surface area contributed by atoms with Crippen molar-refractivity contribution in [1.29, 1.82) is 0 Å². The quantitative estimate of drug-likeness (QED) is 0.326. The van der Waals surface area contributed by atoms with Crippen molar-refractivity contribution in [2.45, 2.75) is 133 Å². The van der Waals surface area contributed by atoms with Crippen LogP contribution < -0.4 is 0 Å². The zero-order valence-electron chi connectivity index (χ0n) is 22.2. The zero-order valence-corrected chi connectivity index (χ0v) is 23.7. The first kappa shape index (κ1) is 26.8. The average Bonchev–Trinajstić information content (AvgIpc) is 2.89. The van der Waals surface area contributed by atoms with E-state index in [0.29, 0.717) is 18.0 Å². The van der Waals surface area contributed by atoms with Gasteiger partial charge in [-0.2, -0.15) is 0 Å². The molecule has 5 rings (SSSR count). The van der Waals surface area contributed by atoms with Gasteiger partial charge in [-0.1, -0.05) is 23.2 Å². The van der Waals surface area contributed by atoms with Gasteiger partial charge in [0.05, 0.1) is 23.0 Å². The van der Waals surface area contributed by atoms with Crippen molar-refractivity contribution >= 4 is 29.0 Å². The molecule has 5 saturated carbocycles. The van der Waals surface area contributed by atoms with Crippen LogP contribution in [0.4, 0.5) is 0 Å². The number of carbonyl (C=O) groups is 1. The summed E-state index contributed by atoms with van der Waals surface area (Å²) in [5.74, 6) is 3.49. The van der Waals surface area contributed by atoms with Crippen LogP contribution in [0.2, 0.25) is 0 Å². The number of alkyl halides is 2. The molecular formula is C30H48Cl2O3. The minimum absolute atomic E-state index is 0.437. The second-order valence-corrected chi connectivity index (χ2v) is 14.1. The van der Waals surface area contributed by atoms with Gasteiger partial charge in [-0.05, 0) is 140 Å². The van der Waals surface area contributed by atoms with Crippen LogP contribution in [0, 0.1) is 34.5 Å². The number of carbonyl (C=O) groups excluding carboxylic acids is 1. The van der Waals surface area contributed by atoms with E-state index in [-0.39, 0.29) is 0 Å². The Kier molecular flexibility index (Phi) is 8.21. The lowest BCUT2D eigenvalue weighted by Gasteiger charge is -2.67. The van der Waals surface area contributed by atoms with Crippen LogP contribution in [0.1, 0.15) is 117 Å². The van der Waals surface area contributed by atoms with Crippen molar-refractivity contribution in [1.82, 2.24) is 0 Å². The summed E-state index contributed by atoms with van der Waals surface area (Å²) in [6, 6.07) is 0. The summed E-state index contributed by atoms with van der Waals surface area (Å²) in [5, 5.41) is 0. The third-order valence-electron chi connectivity index (χ3n) is 11.4. The van der Waals surface area contributed by atoms with Crippen LogP contribution in [0.15, 0.2) is 0 Å². The molecule has 35 heavy (non-hydrogen) atoms. The van der Waals surface area contributed by atoms with Gasteiger partial charge in [0.2, 0.25) is 0 Å². The molecule has 0 radical (unpaired) electrons. The van der Waals surface area contributed by atoms with Gasteiger partial charge >= 0.3 is 0 Å². The lowest BCUT2D eigenvalue weighted by Crippen LogP contribution is -2.74. The molecule has 5 heteroatoms. The van der Waals surface area contributed by atoms with E-state index < -0.39 is 15.2 Å². The van der Waals surface area contributed by atoms with E-state index in [1.807, 2.05) is 0 Å². The summed E-state index contributed by atoms with van der Waals surface area (Å²) in [4.78, 5) is 13.9. The van der Waals surface area contributed by atoms with Crippen LogP contribution in [-0.2, 0) is 14.3 Å². The van der Waals surface area contributed by atoms with Crippen molar-refractivity contribution in [2.24, 2.45) is 34.5 Å². The molecule has 0 bridgehead atoms. The fraction of sp³-hybridized carbons (Fsp3) is 0.967. The number of ketones is 1. The van der Waals surface area contributed by atoms with Gasteiger partial charge in [-0.3, -0.25) is 4.79 Å². The molecule has 0 saturated heterocycles. The molecule has 0 aromatic rings. The average molecular weight is 528 g/mol. The Balaban J connectivity index is 1.14. The summed E-state index contributed by atoms with van der Waals surface area (Å²) in [7, 11) is 0. The van der Waals surface area contributed by atoms with Crippen LogP contribution >= 0.6 is 23.2 Å². The maximum atomic E-state index is 13.9. The predicted octanol–water partition coefficient (Wildman–Crippen LogP) is 8.29. The van der Waals surface area contributed by atoms with E-state index in [2.05, 4.69) is 13.8 Å². The first-order valence-corrected chi connectivity index (χ1v) is 15.8. The maximum Gasteiger partial charge on any atom is 0.151 e. The fourth-order valence-electron chi connectivity index (χ4n) is 9.35. The highest BCUT2D eigenvalue weighted by Gasteiger charge is 2.79. The molecule has 0 unspecified atom stereocenters. The minimum atomic E-state index is -0.869. The lowest BCUT2D eigenvalue weighted by atomic mass is 9.41. The standard InChI is InChI=1S/C30H48Cl2O3/c1-3-34-25-9-5-21(6-10-25)23-13-17-28(18-14-23)27(33)29(30(28,31)32)19-15-24(16-20-29)22-7-11-26(12-8-22)35-4-2/h21-26H,3-20H2,1-2H3. The van der Waals surface area contributed by atoms with Gasteiger partial charge in [0.15, 0.2) is 5.78 Å². The highest BCUT2D eigenvalue weighted by atomic mass is 35.5. The molecular weight excluding hydrogens is 479 g/mol. The van der Waals surface area contributed by atoms with E-state index in [1.165, 1.54) is 51.4 Å². The van der Waals surface area contributed by atoms with Crippen molar-refractivity contribution in [3.05, 3.63) is 0 Å². The molecule has 0 amide bonds. The molecule has 0 aromatic carbocycles. The lowest BCUT2D eigenvalue weighted by molar-refractivity contribution is -0.173. The SMILES string of the molecule is CCOC1CCC(C2CCC3(CC2)C(=O)C2(CCC(C4CCC(OCC)CC4)CC2)C3(Cl)Cl)CC1. The Hall–Kier alpha value is 0.170. The Morgan fingerprint density at radius 1 is 0.600 bits per heavy atom. The van der Waals surface area contributed by atoms with Gasteiger partial charge < -0.3 is 9.47 Å². The normalized spacial score (nSPS) is 46.0. The van der Waals surface area contributed by atoms with Crippen LogP contribution in [0.5, 0.6) is 0 Å². The monoisotopic (exact) mass is 526 g/mol. The van der Waals surface area contributed by atoms with Gasteiger partial charge in [-0.15, -0.1) is 0 Å². The number of hydrogen-bond donors (Lipinski definition) is 0. The van der Waals surface area contributed by atoms with E-state index >= 15 is 0 Å². The highest BCUT2D eigenvalue weighted by Crippen LogP contribution is 2.75. The zero-order chi connectivity index (χ0) is 24.7. The maximum absolute atomic E-state index is 13.9. The minimum Gasteiger partial charge on any atom is -0.379 e. The Morgan fingerprint density at radius 2 is 0.914 bits per heavy atom. The molecule has 200 valence electrons. The highest BCUT2D eigenvalue weighted by molar-refractivity contribution is 6.55. The summed E-state index contributed by atoms with van der Waals surface area (Å²) < 4.78 is 10.8. The number of ether oxygens (including phenoxy) is 2. The second kappa shape index (κ2) is 10.7. The van der Waals surface area contributed by atoms with Gasteiger partial charge in [0.1, 0.15) is 4.33 Å². The summed E-state index contributed by atoms with van der Waals surface area (Å²) >= 11 is 14.5. The molecule has 0 atom stereocenters. The summed E-state index contributed by atoms with van der Waals surface area (Å²) in [6.45, 7) is 5.85. The van der Waals surface area contributed by atoms with Gasteiger partial charge in [0, 0.05) is 13.2 Å². The molecule has 0 heterocycles. The van der Waals surface area contributed by atoms with Crippen LogP contribution in [-0.4, -0.2) is 35.5 Å². The smallest absolute Gasteiger partial charge is 0.151 e. The molecule has 3 nitrogen and oxygen atoms in total. The van der Waals surface area contributed by atoms with E-state index in [0.717, 1.165) is 88.3 Å². The number of hydrogen-bond acceptors (Lipinski definition) is 3. The first-order valence-electron chi connectivity index (χ1n) is 15.0. The Morgan fingerprint density at radius 3 is 1.20 bits per heavy atom. The molecule has 2 spiro atoms. The van der Waals surface area contributed by atoms with Crippen molar-refractivity contribution in [3.8, 4) is 0 Å². The van der Waals surface area contributed by atoms with Crippen molar-refractivity contribution in [2.75, 3.05) is 13.2 Å². The number of Topliss-reactive ketones (excluding diaryl/α,β-unsaturated/α-hetero) is 1. The fourth-order valence-corrected chi connectivity index (χ4v) is 10.5. The molecule has 5 aliphatic carbocycles. The Bertz CT molecular complexity index is 662. The topological polar surface area (TPSA) is 35.5 Å². The predicted molar refractivity (Wildman–Crippen MR) is 143 cm³/mol. The van der Waals surface area contributed by atoms with Crippen molar-refractivity contribution in [3.63, 3.8) is 0 Å². The number of halogens is 2. The van der Waals surface area contributed by atoms with E-state index in [9.17, 15) is 4.79 Å². The molecule has 0 N–H and O–H groups in total. The third kappa shape index (κ3) is 4.55. The van der Waals surface area contributed by atoms with Gasteiger partial charge in [-0.25, -0.2) is 0 Å². The third-order valence-corrected chi connectivity index (χ3v) is 12.9. The Labute approximate surface area is 223 Å². The summed E-state index contributed by atoms with van der Waals surface area (Å²) in [6.07, 6.45) is 19.0. The van der Waals surface area contributed by atoms with Crippen molar-refractivity contribution < 1.29 is 14.3 Å². The first-order chi connectivity index (χ1) is 16.9. The van der Waals surface area contributed by atoms with Crippen LogP contribution in [0.3, 0.4) is 0 Å². The molecule has 0 aliphatic heterocycles.